The second-order valence-corrected chi connectivity index (χ2v) is 5.94. The first-order chi connectivity index (χ1) is 11.9. The van der Waals surface area contributed by atoms with Crippen molar-refractivity contribution in [2.75, 3.05) is 14.2 Å². The molecule has 6 nitrogen and oxygen atoms in total. The number of aromatic nitrogens is 2. The lowest BCUT2D eigenvalue weighted by atomic mass is 10.1. The van der Waals surface area contributed by atoms with Crippen LogP contribution < -0.4 is 14.8 Å². The van der Waals surface area contributed by atoms with Crippen LogP contribution in [0.15, 0.2) is 24.3 Å². The van der Waals surface area contributed by atoms with Gasteiger partial charge >= 0.3 is 0 Å². The van der Waals surface area contributed by atoms with E-state index in [9.17, 15) is 4.79 Å². The number of carbonyl (C=O) groups excluding carboxylic acids is 1. The van der Waals surface area contributed by atoms with E-state index in [1.165, 1.54) is 6.08 Å². The number of benzene rings is 1. The van der Waals surface area contributed by atoms with Gasteiger partial charge in [0.1, 0.15) is 16.7 Å². The molecule has 1 unspecified atom stereocenters. The van der Waals surface area contributed by atoms with Crippen molar-refractivity contribution in [3.63, 3.8) is 0 Å². The summed E-state index contributed by atoms with van der Waals surface area (Å²) in [5.74, 6) is 1.14. The summed E-state index contributed by atoms with van der Waals surface area (Å²) in [5, 5.41) is 7.61. The highest BCUT2D eigenvalue weighted by atomic mass is 35.5. The molecule has 0 fully saturated rings. The number of rotatable bonds is 6. The molecule has 0 bridgehead atoms. The Labute approximate surface area is 152 Å². The van der Waals surface area contributed by atoms with Crippen LogP contribution in [0.4, 0.5) is 0 Å². The summed E-state index contributed by atoms with van der Waals surface area (Å²) in [6.45, 7) is 3.72. The largest absolute Gasteiger partial charge is 0.497 e. The van der Waals surface area contributed by atoms with E-state index in [0.29, 0.717) is 16.7 Å². The van der Waals surface area contributed by atoms with E-state index in [1.807, 2.05) is 32.0 Å². The van der Waals surface area contributed by atoms with Crippen molar-refractivity contribution in [2.24, 2.45) is 7.05 Å². The average molecular weight is 364 g/mol. The molecule has 0 spiro atoms. The lowest BCUT2D eigenvalue weighted by Gasteiger charge is -2.17. The van der Waals surface area contributed by atoms with Gasteiger partial charge < -0.3 is 14.8 Å². The van der Waals surface area contributed by atoms with Crippen molar-refractivity contribution in [1.82, 2.24) is 15.1 Å². The van der Waals surface area contributed by atoms with Crippen molar-refractivity contribution in [3.8, 4) is 11.5 Å². The van der Waals surface area contributed by atoms with Gasteiger partial charge in [0, 0.05) is 24.3 Å². The molecule has 2 aromatic rings. The summed E-state index contributed by atoms with van der Waals surface area (Å²) in [6, 6.07) is 5.21. The van der Waals surface area contributed by atoms with Gasteiger partial charge in [-0.2, -0.15) is 5.10 Å². The monoisotopic (exact) mass is 363 g/mol. The van der Waals surface area contributed by atoms with Gasteiger partial charge in [0.2, 0.25) is 5.91 Å². The number of carbonyl (C=O) groups is 1. The summed E-state index contributed by atoms with van der Waals surface area (Å²) in [7, 11) is 4.94. The number of amides is 1. The quantitative estimate of drug-likeness (QED) is 0.800. The van der Waals surface area contributed by atoms with E-state index in [-0.39, 0.29) is 11.9 Å². The molecule has 25 heavy (non-hydrogen) atoms. The van der Waals surface area contributed by atoms with Gasteiger partial charge in [-0.05, 0) is 38.1 Å². The molecule has 1 heterocycles. The highest BCUT2D eigenvalue weighted by molar-refractivity contribution is 6.31. The molecule has 0 saturated carbocycles. The van der Waals surface area contributed by atoms with Gasteiger partial charge in [-0.3, -0.25) is 9.48 Å². The van der Waals surface area contributed by atoms with Crippen LogP contribution in [0.3, 0.4) is 0 Å². The Morgan fingerprint density at radius 1 is 1.36 bits per heavy atom. The third kappa shape index (κ3) is 4.33. The Bertz CT molecular complexity index is 799. The molecule has 1 aromatic heterocycles. The number of nitrogens with one attached hydrogen (secondary N) is 1. The third-order valence-corrected chi connectivity index (χ3v) is 4.31. The average Bonchev–Trinajstić information content (AvgIpc) is 2.84. The molecule has 1 N–H and O–H groups in total. The van der Waals surface area contributed by atoms with Crippen molar-refractivity contribution in [1.29, 1.82) is 0 Å². The first kappa shape index (κ1) is 18.9. The molecule has 1 amide bonds. The predicted octanol–water partition coefficient (Wildman–Crippen LogP) is 3.29. The lowest BCUT2D eigenvalue weighted by Crippen LogP contribution is -2.25. The molecule has 1 aromatic carbocycles. The van der Waals surface area contributed by atoms with Gasteiger partial charge in [-0.15, -0.1) is 0 Å². The van der Waals surface area contributed by atoms with E-state index < -0.39 is 0 Å². The molecule has 0 aliphatic rings. The summed E-state index contributed by atoms with van der Waals surface area (Å²) in [4.78, 5) is 12.2. The zero-order valence-corrected chi connectivity index (χ0v) is 15.7. The highest BCUT2D eigenvalue weighted by Gasteiger charge is 2.15. The summed E-state index contributed by atoms with van der Waals surface area (Å²) < 4.78 is 12.2. The summed E-state index contributed by atoms with van der Waals surface area (Å²) in [5.41, 5.74) is 2.32. The highest BCUT2D eigenvalue weighted by Crippen LogP contribution is 2.29. The lowest BCUT2D eigenvalue weighted by molar-refractivity contribution is -0.117. The first-order valence-corrected chi connectivity index (χ1v) is 8.14. The molecule has 1 atom stereocenters. The van der Waals surface area contributed by atoms with Gasteiger partial charge in [0.25, 0.3) is 0 Å². The number of hydrogen-bond donors (Lipinski definition) is 1. The second-order valence-electron chi connectivity index (χ2n) is 5.58. The number of aryl methyl sites for hydroxylation is 2. The first-order valence-electron chi connectivity index (χ1n) is 7.77. The molecule has 0 aliphatic heterocycles. The maximum atomic E-state index is 12.2. The SMILES string of the molecule is COc1ccc(OC)c(C(C)NC(=O)/C=C/c2c(C)nn(C)c2Cl)c1. The molecular weight excluding hydrogens is 342 g/mol. The molecule has 7 heteroatoms. The van der Waals surface area contributed by atoms with E-state index in [2.05, 4.69) is 10.4 Å². The summed E-state index contributed by atoms with van der Waals surface area (Å²) >= 11 is 6.16. The Kier molecular flexibility index (Phi) is 6.09. The molecular formula is C18H22ClN3O3. The Balaban J connectivity index is 2.13. The number of hydrogen-bond acceptors (Lipinski definition) is 4. The molecule has 0 radical (unpaired) electrons. The van der Waals surface area contributed by atoms with E-state index in [4.69, 9.17) is 21.1 Å². The fraction of sp³-hybridized carbons (Fsp3) is 0.333. The van der Waals surface area contributed by atoms with Crippen LogP contribution >= 0.6 is 11.6 Å². The fourth-order valence-corrected chi connectivity index (χ4v) is 2.75. The van der Waals surface area contributed by atoms with Crippen molar-refractivity contribution < 1.29 is 14.3 Å². The number of halogens is 1. The molecule has 134 valence electrons. The molecule has 2 rings (SSSR count). The maximum absolute atomic E-state index is 12.2. The number of methoxy groups -OCH3 is 2. The van der Waals surface area contributed by atoms with Crippen LogP contribution in [0, 0.1) is 6.92 Å². The fourth-order valence-electron chi connectivity index (χ4n) is 2.51. The predicted molar refractivity (Wildman–Crippen MR) is 98.1 cm³/mol. The normalized spacial score (nSPS) is 12.2. The van der Waals surface area contributed by atoms with Crippen molar-refractivity contribution in [2.45, 2.75) is 19.9 Å². The van der Waals surface area contributed by atoms with Crippen LogP contribution in [0.5, 0.6) is 11.5 Å². The van der Waals surface area contributed by atoms with Crippen molar-refractivity contribution in [3.05, 3.63) is 46.2 Å². The van der Waals surface area contributed by atoms with Gasteiger partial charge in [0.05, 0.1) is 26.0 Å². The molecule has 0 saturated heterocycles. The Morgan fingerprint density at radius 2 is 2.08 bits per heavy atom. The van der Waals surface area contributed by atoms with Crippen LogP contribution in [0.2, 0.25) is 5.15 Å². The van der Waals surface area contributed by atoms with Crippen LogP contribution in [-0.4, -0.2) is 29.9 Å². The van der Waals surface area contributed by atoms with Gasteiger partial charge in [-0.25, -0.2) is 0 Å². The number of ether oxygens (including phenoxy) is 2. The van der Waals surface area contributed by atoms with Crippen LogP contribution in [0.25, 0.3) is 6.08 Å². The van der Waals surface area contributed by atoms with Crippen LogP contribution in [-0.2, 0) is 11.8 Å². The minimum Gasteiger partial charge on any atom is -0.497 e. The van der Waals surface area contributed by atoms with E-state index in [1.54, 1.807) is 32.0 Å². The van der Waals surface area contributed by atoms with Gasteiger partial charge in [-0.1, -0.05) is 11.6 Å². The standard InChI is InChI=1S/C18H22ClN3O3/c1-11(15-10-13(24-4)6-8-16(15)25-5)20-17(23)9-7-14-12(2)21-22(3)18(14)19/h6-11H,1-5H3,(H,20,23)/b9-7+. The Morgan fingerprint density at radius 3 is 2.64 bits per heavy atom. The van der Waals surface area contributed by atoms with Gasteiger partial charge in [0.15, 0.2) is 0 Å². The minimum atomic E-state index is -0.257. The smallest absolute Gasteiger partial charge is 0.244 e. The minimum absolute atomic E-state index is 0.239. The topological polar surface area (TPSA) is 65.4 Å². The third-order valence-electron chi connectivity index (χ3n) is 3.86. The zero-order valence-electron chi connectivity index (χ0n) is 15.0. The summed E-state index contributed by atoms with van der Waals surface area (Å²) in [6.07, 6.45) is 3.11. The maximum Gasteiger partial charge on any atom is 0.244 e. The van der Waals surface area contributed by atoms with Crippen molar-refractivity contribution >= 4 is 23.6 Å². The molecule has 0 aliphatic carbocycles. The van der Waals surface area contributed by atoms with E-state index in [0.717, 1.165) is 16.8 Å². The van der Waals surface area contributed by atoms with E-state index >= 15 is 0 Å². The Hall–Kier alpha value is -2.47. The number of nitrogens with zero attached hydrogens (tertiary/aromatic N) is 2. The second kappa shape index (κ2) is 8.07. The zero-order chi connectivity index (χ0) is 18.6. The van der Waals surface area contributed by atoms with Crippen LogP contribution in [0.1, 0.15) is 29.8 Å².